The number of nitrogens with zero attached hydrogens (tertiary/aromatic N) is 1. The molecule has 0 heterocycles. The Kier molecular flexibility index (Phi) is 5.33. The summed E-state index contributed by atoms with van der Waals surface area (Å²) in [7, 11) is 1.61. The summed E-state index contributed by atoms with van der Waals surface area (Å²) in [5, 5.41) is 11.4. The molecule has 0 unspecified atom stereocenters. The minimum atomic E-state index is -0.205. The van der Waals surface area contributed by atoms with Crippen LogP contribution in [0.25, 0.3) is 6.08 Å². The molecule has 2 aromatic carbocycles. The van der Waals surface area contributed by atoms with E-state index < -0.39 is 0 Å². The van der Waals surface area contributed by atoms with Crippen LogP contribution in [-0.2, 0) is 11.2 Å². The van der Waals surface area contributed by atoms with Crippen LogP contribution in [0.5, 0.6) is 5.75 Å². The fourth-order valence-electron chi connectivity index (χ4n) is 1.87. The molecular weight excluding hydrogens is 276 g/mol. The number of ether oxygens (including phenoxy) is 1. The van der Waals surface area contributed by atoms with Gasteiger partial charge in [-0.25, -0.2) is 0 Å². The zero-order valence-electron chi connectivity index (χ0n) is 12.2. The molecule has 4 heteroatoms. The Hall–Kier alpha value is -3.06. The number of hydrogen-bond acceptors (Lipinski definition) is 3. The highest BCUT2D eigenvalue weighted by Gasteiger charge is 1.99. The van der Waals surface area contributed by atoms with E-state index in [4.69, 9.17) is 10.00 Å². The van der Waals surface area contributed by atoms with Crippen molar-refractivity contribution >= 4 is 17.7 Å². The molecule has 2 rings (SSSR count). The Morgan fingerprint density at radius 3 is 2.45 bits per heavy atom. The topological polar surface area (TPSA) is 62.1 Å². The Balaban J connectivity index is 1.94. The van der Waals surface area contributed by atoms with E-state index in [9.17, 15) is 4.79 Å². The van der Waals surface area contributed by atoms with Crippen molar-refractivity contribution in [1.82, 2.24) is 0 Å². The van der Waals surface area contributed by atoms with Crippen LogP contribution in [0.1, 0.15) is 11.1 Å². The molecule has 0 atom stereocenters. The summed E-state index contributed by atoms with van der Waals surface area (Å²) in [4.78, 5) is 11.8. The van der Waals surface area contributed by atoms with Gasteiger partial charge in [-0.05, 0) is 41.5 Å². The van der Waals surface area contributed by atoms with Crippen LogP contribution in [-0.4, -0.2) is 13.0 Å². The van der Waals surface area contributed by atoms with Crippen molar-refractivity contribution in [3.8, 4) is 11.8 Å². The van der Waals surface area contributed by atoms with Crippen LogP contribution in [0.2, 0.25) is 0 Å². The Morgan fingerprint density at radius 1 is 1.18 bits per heavy atom. The Bertz CT molecular complexity index is 695. The molecule has 0 saturated heterocycles. The monoisotopic (exact) mass is 292 g/mol. The highest BCUT2D eigenvalue weighted by Crippen LogP contribution is 2.13. The summed E-state index contributed by atoms with van der Waals surface area (Å²) in [6.45, 7) is 0. The third-order valence-corrected chi connectivity index (χ3v) is 3.05. The first kappa shape index (κ1) is 15.3. The molecule has 4 nitrogen and oxygen atoms in total. The van der Waals surface area contributed by atoms with E-state index >= 15 is 0 Å². The molecule has 0 saturated carbocycles. The molecule has 0 fully saturated rings. The second kappa shape index (κ2) is 7.65. The van der Waals surface area contributed by atoms with Crippen LogP contribution in [0.15, 0.2) is 54.6 Å². The average molecular weight is 292 g/mol. The number of rotatable bonds is 5. The SMILES string of the molecule is COc1ccc(C=CC(=O)Nc2ccc(CC#N)cc2)cc1. The molecule has 0 spiro atoms. The zero-order chi connectivity index (χ0) is 15.8. The van der Waals surface area contributed by atoms with Crippen LogP contribution >= 0.6 is 0 Å². The van der Waals surface area contributed by atoms with E-state index in [-0.39, 0.29) is 5.91 Å². The number of amides is 1. The van der Waals surface area contributed by atoms with Crippen LogP contribution in [0.4, 0.5) is 5.69 Å². The lowest BCUT2D eigenvalue weighted by Crippen LogP contribution is -2.07. The van der Waals surface area contributed by atoms with E-state index in [1.54, 1.807) is 25.3 Å². The van der Waals surface area contributed by atoms with Gasteiger partial charge in [0.1, 0.15) is 5.75 Å². The third kappa shape index (κ3) is 4.50. The van der Waals surface area contributed by atoms with Crippen molar-refractivity contribution in [3.05, 3.63) is 65.7 Å². The van der Waals surface area contributed by atoms with Gasteiger partial charge in [0.25, 0.3) is 0 Å². The molecule has 22 heavy (non-hydrogen) atoms. The van der Waals surface area contributed by atoms with Crippen LogP contribution in [0.3, 0.4) is 0 Å². The lowest BCUT2D eigenvalue weighted by atomic mass is 10.1. The molecule has 0 aromatic heterocycles. The van der Waals surface area contributed by atoms with Crippen molar-refractivity contribution in [2.75, 3.05) is 12.4 Å². The van der Waals surface area contributed by atoms with Gasteiger partial charge in [0.05, 0.1) is 19.6 Å². The standard InChI is InChI=1S/C18H16N2O2/c1-22-17-9-4-14(5-10-17)6-11-18(21)20-16-7-2-15(3-8-16)12-13-19/h2-11H,12H2,1H3,(H,20,21). The molecular formula is C18H16N2O2. The van der Waals surface area contributed by atoms with Gasteiger partial charge in [-0.1, -0.05) is 24.3 Å². The van der Waals surface area contributed by atoms with E-state index in [0.717, 1.165) is 16.9 Å². The number of methoxy groups -OCH3 is 1. The van der Waals surface area contributed by atoms with Gasteiger partial charge in [-0.3, -0.25) is 4.79 Å². The van der Waals surface area contributed by atoms with Crippen molar-refractivity contribution in [2.45, 2.75) is 6.42 Å². The van der Waals surface area contributed by atoms with Crippen molar-refractivity contribution < 1.29 is 9.53 Å². The Morgan fingerprint density at radius 2 is 1.86 bits per heavy atom. The fourth-order valence-corrected chi connectivity index (χ4v) is 1.87. The molecule has 110 valence electrons. The minimum Gasteiger partial charge on any atom is -0.497 e. The molecule has 1 N–H and O–H groups in total. The van der Waals surface area contributed by atoms with E-state index in [1.807, 2.05) is 36.4 Å². The molecule has 2 aromatic rings. The van der Waals surface area contributed by atoms with Gasteiger partial charge < -0.3 is 10.1 Å². The van der Waals surface area contributed by atoms with Gasteiger partial charge in [0.15, 0.2) is 0 Å². The highest BCUT2D eigenvalue weighted by atomic mass is 16.5. The summed E-state index contributed by atoms with van der Waals surface area (Å²) in [6.07, 6.45) is 3.58. The number of carbonyl (C=O) groups is 1. The maximum absolute atomic E-state index is 11.8. The van der Waals surface area contributed by atoms with Crippen molar-refractivity contribution in [2.24, 2.45) is 0 Å². The summed E-state index contributed by atoms with van der Waals surface area (Å²) in [6, 6.07) is 16.7. The predicted octanol–water partition coefficient (Wildman–Crippen LogP) is 3.41. The van der Waals surface area contributed by atoms with E-state index in [2.05, 4.69) is 11.4 Å². The summed E-state index contributed by atoms with van der Waals surface area (Å²) in [5.74, 6) is 0.572. The van der Waals surface area contributed by atoms with Gasteiger partial charge in [0, 0.05) is 11.8 Å². The lowest BCUT2D eigenvalue weighted by molar-refractivity contribution is -0.111. The predicted molar refractivity (Wildman–Crippen MR) is 86.4 cm³/mol. The fraction of sp³-hybridized carbons (Fsp3) is 0.111. The maximum Gasteiger partial charge on any atom is 0.248 e. The van der Waals surface area contributed by atoms with Crippen molar-refractivity contribution in [1.29, 1.82) is 5.26 Å². The maximum atomic E-state index is 11.8. The normalized spacial score (nSPS) is 10.2. The summed E-state index contributed by atoms with van der Waals surface area (Å²) < 4.78 is 5.08. The number of hydrogen-bond donors (Lipinski definition) is 1. The molecule has 0 aliphatic carbocycles. The van der Waals surface area contributed by atoms with E-state index in [1.165, 1.54) is 6.08 Å². The van der Waals surface area contributed by atoms with Gasteiger partial charge in [-0.2, -0.15) is 5.26 Å². The second-order valence-electron chi connectivity index (χ2n) is 4.63. The van der Waals surface area contributed by atoms with E-state index in [0.29, 0.717) is 12.1 Å². The number of benzene rings is 2. The number of anilines is 1. The molecule has 0 aliphatic heterocycles. The van der Waals surface area contributed by atoms with Crippen molar-refractivity contribution in [3.63, 3.8) is 0 Å². The van der Waals surface area contributed by atoms with Gasteiger partial charge >= 0.3 is 0 Å². The highest BCUT2D eigenvalue weighted by molar-refractivity contribution is 6.01. The largest absolute Gasteiger partial charge is 0.497 e. The lowest BCUT2D eigenvalue weighted by Gasteiger charge is -2.03. The molecule has 0 radical (unpaired) electrons. The second-order valence-corrected chi connectivity index (χ2v) is 4.63. The quantitative estimate of drug-likeness (QED) is 0.859. The molecule has 0 aliphatic rings. The first-order chi connectivity index (χ1) is 10.7. The summed E-state index contributed by atoms with van der Waals surface area (Å²) >= 11 is 0. The number of nitrogens with one attached hydrogen (secondary N) is 1. The minimum absolute atomic E-state index is 0.205. The Labute approximate surface area is 129 Å². The molecule has 1 amide bonds. The van der Waals surface area contributed by atoms with Crippen LogP contribution in [0, 0.1) is 11.3 Å². The molecule has 0 bridgehead atoms. The van der Waals surface area contributed by atoms with Gasteiger partial charge in [-0.15, -0.1) is 0 Å². The zero-order valence-corrected chi connectivity index (χ0v) is 12.2. The van der Waals surface area contributed by atoms with Crippen LogP contribution < -0.4 is 10.1 Å². The average Bonchev–Trinajstić information content (AvgIpc) is 2.55. The summed E-state index contributed by atoms with van der Waals surface area (Å²) in [5.41, 5.74) is 2.54. The number of carbonyl (C=O) groups excluding carboxylic acids is 1. The first-order valence-electron chi connectivity index (χ1n) is 6.80. The third-order valence-electron chi connectivity index (χ3n) is 3.05. The first-order valence-corrected chi connectivity index (χ1v) is 6.80. The smallest absolute Gasteiger partial charge is 0.248 e. The number of nitriles is 1. The van der Waals surface area contributed by atoms with Gasteiger partial charge in [0.2, 0.25) is 5.91 Å².